The van der Waals surface area contributed by atoms with Gasteiger partial charge in [-0.25, -0.2) is 9.59 Å². The summed E-state index contributed by atoms with van der Waals surface area (Å²) in [4.78, 5) is 53.9. The van der Waals surface area contributed by atoms with Crippen molar-refractivity contribution in [3.63, 3.8) is 0 Å². The fraction of sp³-hybridized carbons (Fsp3) is 0.647. The van der Waals surface area contributed by atoms with E-state index in [-0.39, 0.29) is 35.5 Å². The molecule has 242 valence electrons. The molecule has 2 unspecified atom stereocenters. The molecule has 10 heteroatoms. The highest BCUT2D eigenvalue weighted by Crippen LogP contribution is 2.47. The SMILES string of the molecule is CCC(C)(C)C1CCc2c(sc(NC(=O)CCC(=O)Nc3sc4c(c3C(=O)OC)CCC(C(C)(C)CC)C4)c2C(=O)OC)C1. The van der Waals surface area contributed by atoms with Gasteiger partial charge in [-0.15, -0.1) is 22.7 Å². The van der Waals surface area contributed by atoms with E-state index in [2.05, 4.69) is 52.2 Å². The number of carbonyl (C=O) groups is 4. The van der Waals surface area contributed by atoms with Crippen LogP contribution in [-0.2, 0) is 44.7 Å². The largest absolute Gasteiger partial charge is 0.465 e. The lowest BCUT2D eigenvalue weighted by atomic mass is 9.69. The molecule has 4 rings (SSSR count). The van der Waals surface area contributed by atoms with Crippen LogP contribution >= 0.6 is 22.7 Å². The van der Waals surface area contributed by atoms with E-state index in [0.29, 0.717) is 33.0 Å². The lowest BCUT2D eigenvalue weighted by Crippen LogP contribution is -2.28. The summed E-state index contributed by atoms with van der Waals surface area (Å²) in [6.45, 7) is 13.6. The normalized spacial score (nSPS) is 18.2. The van der Waals surface area contributed by atoms with Gasteiger partial charge in [0.2, 0.25) is 11.8 Å². The zero-order valence-corrected chi connectivity index (χ0v) is 29.1. The second kappa shape index (κ2) is 13.7. The molecule has 0 saturated carbocycles. The molecule has 0 bridgehead atoms. The molecule has 2 heterocycles. The van der Waals surface area contributed by atoms with E-state index in [1.807, 2.05) is 0 Å². The highest BCUT2D eigenvalue weighted by atomic mass is 32.1. The van der Waals surface area contributed by atoms with E-state index in [9.17, 15) is 19.2 Å². The Morgan fingerprint density at radius 3 is 1.39 bits per heavy atom. The first kappa shape index (κ1) is 34.2. The molecule has 2 aromatic heterocycles. The lowest BCUT2D eigenvalue weighted by Gasteiger charge is -2.36. The van der Waals surface area contributed by atoms with Gasteiger partial charge in [0.1, 0.15) is 10.0 Å². The van der Waals surface area contributed by atoms with Crippen molar-refractivity contribution < 1.29 is 28.7 Å². The standard InChI is InChI=1S/C34H48N2O6S2/c1-9-33(3,4)19-11-13-21-23(17-19)43-29(27(21)31(39)41-7)35-25(37)15-16-26(38)36-30-28(32(40)42-8)22-14-12-20(18-24(22)44-30)34(5,6)10-2/h19-20H,9-18H2,1-8H3,(H,35,37)(H,36,38). The van der Waals surface area contributed by atoms with Crippen LogP contribution in [-0.4, -0.2) is 38.0 Å². The molecule has 0 fully saturated rings. The van der Waals surface area contributed by atoms with Crippen LogP contribution in [0, 0.1) is 22.7 Å². The number of hydrogen-bond acceptors (Lipinski definition) is 8. The van der Waals surface area contributed by atoms with Crippen LogP contribution < -0.4 is 10.6 Å². The topological polar surface area (TPSA) is 111 Å². The number of fused-ring (bicyclic) bond motifs is 2. The Bertz CT molecular complexity index is 1310. The van der Waals surface area contributed by atoms with Crippen molar-refractivity contribution in [2.75, 3.05) is 24.9 Å². The van der Waals surface area contributed by atoms with Gasteiger partial charge in [0.05, 0.1) is 25.3 Å². The number of rotatable bonds is 11. The average molecular weight is 645 g/mol. The Balaban J connectivity index is 1.44. The third-order valence-electron chi connectivity index (χ3n) is 10.4. The molecule has 2 aliphatic carbocycles. The number of hydrogen-bond donors (Lipinski definition) is 2. The van der Waals surface area contributed by atoms with Crippen LogP contribution in [0.1, 0.15) is 122 Å². The summed E-state index contributed by atoms with van der Waals surface area (Å²) in [7, 11) is 2.70. The predicted molar refractivity (Wildman–Crippen MR) is 177 cm³/mol. The first-order valence-electron chi connectivity index (χ1n) is 15.8. The van der Waals surface area contributed by atoms with Crippen LogP contribution in [0.5, 0.6) is 0 Å². The van der Waals surface area contributed by atoms with Gasteiger partial charge in [0.15, 0.2) is 0 Å². The summed E-state index contributed by atoms with van der Waals surface area (Å²) in [5.74, 6) is -0.609. The maximum absolute atomic E-state index is 13.0. The fourth-order valence-corrected chi connectivity index (χ4v) is 9.16. The van der Waals surface area contributed by atoms with Gasteiger partial charge in [0, 0.05) is 22.6 Å². The van der Waals surface area contributed by atoms with E-state index in [4.69, 9.17) is 9.47 Å². The Kier molecular flexibility index (Phi) is 10.7. The Morgan fingerprint density at radius 2 is 1.07 bits per heavy atom. The Hall–Kier alpha value is -2.72. The summed E-state index contributed by atoms with van der Waals surface area (Å²) in [5.41, 5.74) is 3.20. The minimum atomic E-state index is -0.453. The van der Waals surface area contributed by atoms with Crippen molar-refractivity contribution in [3.8, 4) is 0 Å². The first-order valence-corrected chi connectivity index (χ1v) is 17.4. The van der Waals surface area contributed by atoms with Gasteiger partial charge < -0.3 is 20.1 Å². The molecule has 2 aliphatic rings. The fourth-order valence-electron chi connectivity index (χ4n) is 6.50. The molecule has 2 N–H and O–H groups in total. The quantitative estimate of drug-likeness (QED) is 0.241. The Labute approximate surface area is 269 Å². The van der Waals surface area contributed by atoms with Gasteiger partial charge in [-0.3, -0.25) is 9.59 Å². The van der Waals surface area contributed by atoms with E-state index < -0.39 is 11.9 Å². The highest BCUT2D eigenvalue weighted by molar-refractivity contribution is 7.17. The summed E-state index contributed by atoms with van der Waals surface area (Å²) in [6, 6.07) is 0. The molecular formula is C34H48N2O6S2. The highest BCUT2D eigenvalue weighted by Gasteiger charge is 2.37. The van der Waals surface area contributed by atoms with Crippen molar-refractivity contribution >= 4 is 56.4 Å². The van der Waals surface area contributed by atoms with Gasteiger partial charge in [-0.2, -0.15) is 0 Å². The summed E-state index contributed by atoms with van der Waals surface area (Å²) in [5, 5.41) is 6.78. The zero-order valence-electron chi connectivity index (χ0n) is 27.5. The molecule has 44 heavy (non-hydrogen) atoms. The number of nitrogens with one attached hydrogen (secondary N) is 2. The third kappa shape index (κ3) is 7.06. The second-order valence-electron chi connectivity index (χ2n) is 13.6. The molecule has 2 aromatic rings. The van der Waals surface area contributed by atoms with Gasteiger partial charge >= 0.3 is 11.9 Å². The molecule has 0 spiro atoms. The minimum Gasteiger partial charge on any atom is -0.465 e. The molecule has 0 radical (unpaired) electrons. The first-order chi connectivity index (χ1) is 20.8. The monoisotopic (exact) mass is 644 g/mol. The summed E-state index contributed by atoms with van der Waals surface area (Å²) >= 11 is 2.89. The summed E-state index contributed by atoms with van der Waals surface area (Å²) in [6.07, 6.45) is 7.26. The maximum atomic E-state index is 13.0. The number of esters is 2. The smallest absolute Gasteiger partial charge is 0.341 e. The molecule has 0 aromatic carbocycles. The van der Waals surface area contributed by atoms with E-state index >= 15 is 0 Å². The lowest BCUT2D eigenvalue weighted by molar-refractivity contribution is -0.121. The van der Waals surface area contributed by atoms with E-state index in [0.717, 1.165) is 72.2 Å². The molecule has 2 amide bonds. The van der Waals surface area contributed by atoms with Crippen LogP contribution in [0.3, 0.4) is 0 Å². The minimum absolute atomic E-state index is 0.0636. The van der Waals surface area contributed by atoms with Crippen molar-refractivity contribution in [3.05, 3.63) is 32.0 Å². The Morgan fingerprint density at radius 1 is 0.705 bits per heavy atom. The van der Waals surface area contributed by atoms with Crippen molar-refractivity contribution in [2.45, 2.75) is 106 Å². The molecular weight excluding hydrogens is 597 g/mol. The number of anilines is 2. The van der Waals surface area contributed by atoms with E-state index in [1.165, 1.54) is 36.9 Å². The van der Waals surface area contributed by atoms with Crippen LogP contribution in [0.15, 0.2) is 0 Å². The van der Waals surface area contributed by atoms with Crippen LogP contribution in [0.2, 0.25) is 0 Å². The third-order valence-corrected chi connectivity index (χ3v) is 12.8. The maximum Gasteiger partial charge on any atom is 0.341 e. The van der Waals surface area contributed by atoms with Crippen molar-refractivity contribution in [1.82, 2.24) is 0 Å². The van der Waals surface area contributed by atoms with Gasteiger partial charge in [0.25, 0.3) is 0 Å². The number of carbonyl (C=O) groups excluding carboxylic acids is 4. The zero-order chi connectivity index (χ0) is 32.4. The molecule has 0 aliphatic heterocycles. The van der Waals surface area contributed by atoms with E-state index in [1.54, 1.807) is 0 Å². The molecule has 0 saturated heterocycles. The van der Waals surface area contributed by atoms with Gasteiger partial charge in [-0.05, 0) is 72.3 Å². The molecule has 2 atom stereocenters. The van der Waals surface area contributed by atoms with Crippen molar-refractivity contribution in [1.29, 1.82) is 0 Å². The van der Waals surface area contributed by atoms with Crippen molar-refractivity contribution in [2.24, 2.45) is 22.7 Å². The molecule has 8 nitrogen and oxygen atoms in total. The predicted octanol–water partition coefficient (Wildman–Crippen LogP) is 7.82. The number of ether oxygens (including phenoxy) is 2. The number of amides is 2. The van der Waals surface area contributed by atoms with Crippen LogP contribution in [0.4, 0.5) is 10.0 Å². The van der Waals surface area contributed by atoms with Gasteiger partial charge in [-0.1, -0.05) is 54.4 Å². The van der Waals surface area contributed by atoms with Crippen LogP contribution in [0.25, 0.3) is 0 Å². The number of thiophene rings is 2. The summed E-state index contributed by atoms with van der Waals surface area (Å²) < 4.78 is 10.2. The number of methoxy groups -OCH3 is 2. The second-order valence-corrected chi connectivity index (χ2v) is 15.8. The average Bonchev–Trinajstić information content (AvgIpc) is 3.55.